The Morgan fingerprint density at radius 1 is 1.15 bits per heavy atom. The normalized spacial score (nSPS) is 19.2. The summed E-state index contributed by atoms with van der Waals surface area (Å²) < 4.78 is 42.7. The van der Waals surface area contributed by atoms with Crippen molar-refractivity contribution in [3.63, 3.8) is 0 Å². The summed E-state index contributed by atoms with van der Waals surface area (Å²) >= 11 is 0. The Kier molecular flexibility index (Phi) is 6.18. The molecule has 2 N–H and O–H groups in total. The zero-order valence-corrected chi connectivity index (χ0v) is 18.0. The fourth-order valence-electron chi connectivity index (χ4n) is 4.13. The van der Waals surface area contributed by atoms with Gasteiger partial charge in [-0.1, -0.05) is 0 Å². The van der Waals surface area contributed by atoms with Gasteiger partial charge in [0.2, 0.25) is 0 Å². The molecule has 3 aromatic rings. The number of rotatable bonds is 6. The average molecular weight is 471 g/mol. The fourth-order valence-corrected chi connectivity index (χ4v) is 4.13. The van der Waals surface area contributed by atoms with E-state index in [-0.39, 0.29) is 47.7 Å². The molecule has 2 aromatic heterocycles. The number of anilines is 1. The summed E-state index contributed by atoms with van der Waals surface area (Å²) in [7, 11) is 1.44. The standard InChI is InChI=1S/C23H20F3N5O3/c1-27-21(32)13-4-5-16(25)15(9-13)18-6-7-19(30-29-18)31(22(33)34)12-23(10-14(24)11-23)20-17(26)3-2-8-28-20/h2-9,14H,10-12H2,1H3,(H,27,32)(H,33,34)/t14-,23+. The van der Waals surface area contributed by atoms with Crippen molar-refractivity contribution in [3.8, 4) is 11.3 Å². The molecule has 0 radical (unpaired) electrons. The van der Waals surface area contributed by atoms with Crippen molar-refractivity contribution in [3.05, 3.63) is 71.6 Å². The van der Waals surface area contributed by atoms with Crippen LogP contribution in [0.1, 0.15) is 28.9 Å². The number of nitrogens with one attached hydrogen (secondary N) is 1. The summed E-state index contributed by atoms with van der Waals surface area (Å²) in [4.78, 5) is 28.8. The Balaban J connectivity index is 1.65. The lowest BCUT2D eigenvalue weighted by atomic mass is 9.64. The molecule has 0 saturated heterocycles. The number of nitrogens with zero attached hydrogens (tertiary/aromatic N) is 4. The molecule has 2 heterocycles. The van der Waals surface area contributed by atoms with Crippen LogP contribution in [0.2, 0.25) is 0 Å². The third-order valence-electron chi connectivity index (χ3n) is 5.84. The molecule has 1 aromatic carbocycles. The van der Waals surface area contributed by atoms with Gasteiger partial charge in [-0.3, -0.25) is 14.7 Å². The van der Waals surface area contributed by atoms with Crippen molar-refractivity contribution in [1.29, 1.82) is 0 Å². The van der Waals surface area contributed by atoms with E-state index < -0.39 is 35.2 Å². The van der Waals surface area contributed by atoms with E-state index in [1.165, 1.54) is 49.6 Å². The summed E-state index contributed by atoms with van der Waals surface area (Å²) in [5.41, 5.74) is -0.865. The van der Waals surface area contributed by atoms with Gasteiger partial charge in [0.15, 0.2) is 5.82 Å². The van der Waals surface area contributed by atoms with E-state index in [0.29, 0.717) is 0 Å². The Morgan fingerprint density at radius 2 is 1.91 bits per heavy atom. The number of carbonyl (C=O) groups excluding carboxylic acids is 1. The molecule has 1 fully saturated rings. The van der Waals surface area contributed by atoms with Gasteiger partial charge >= 0.3 is 6.09 Å². The van der Waals surface area contributed by atoms with Crippen molar-refractivity contribution >= 4 is 17.8 Å². The van der Waals surface area contributed by atoms with Crippen molar-refractivity contribution in [2.45, 2.75) is 24.4 Å². The highest BCUT2D eigenvalue weighted by Gasteiger charge is 2.50. The van der Waals surface area contributed by atoms with Crippen LogP contribution < -0.4 is 10.2 Å². The molecule has 0 atom stereocenters. The molecule has 0 bridgehead atoms. The molecule has 0 unspecified atom stereocenters. The molecule has 34 heavy (non-hydrogen) atoms. The lowest BCUT2D eigenvalue weighted by Gasteiger charge is -2.45. The van der Waals surface area contributed by atoms with Gasteiger partial charge in [-0.25, -0.2) is 18.0 Å². The van der Waals surface area contributed by atoms with E-state index in [2.05, 4.69) is 20.5 Å². The number of amides is 2. The largest absolute Gasteiger partial charge is 0.465 e. The minimum absolute atomic E-state index is 0.00665. The second kappa shape index (κ2) is 9.08. The Bertz CT molecular complexity index is 1230. The second-order valence-electron chi connectivity index (χ2n) is 8.04. The summed E-state index contributed by atoms with van der Waals surface area (Å²) in [6, 6.07) is 9.01. The van der Waals surface area contributed by atoms with Crippen LogP contribution in [0.25, 0.3) is 11.3 Å². The van der Waals surface area contributed by atoms with E-state index in [9.17, 15) is 27.9 Å². The third-order valence-corrected chi connectivity index (χ3v) is 5.84. The first kappa shape index (κ1) is 23.1. The van der Waals surface area contributed by atoms with Gasteiger partial charge in [0.25, 0.3) is 5.91 Å². The van der Waals surface area contributed by atoms with E-state index >= 15 is 0 Å². The number of aromatic nitrogens is 3. The van der Waals surface area contributed by atoms with Crippen LogP contribution in [0.3, 0.4) is 0 Å². The zero-order chi connectivity index (χ0) is 24.5. The minimum Gasteiger partial charge on any atom is -0.465 e. The Hall–Kier alpha value is -4.02. The predicted octanol–water partition coefficient (Wildman–Crippen LogP) is 3.73. The van der Waals surface area contributed by atoms with Gasteiger partial charge in [-0.2, -0.15) is 0 Å². The van der Waals surface area contributed by atoms with E-state index in [4.69, 9.17) is 0 Å². The molecule has 2 amide bonds. The molecule has 1 saturated carbocycles. The second-order valence-corrected chi connectivity index (χ2v) is 8.04. The first-order valence-electron chi connectivity index (χ1n) is 10.4. The molecular weight excluding hydrogens is 451 g/mol. The van der Waals surface area contributed by atoms with Crippen LogP contribution in [0, 0.1) is 11.6 Å². The number of alkyl halides is 1. The Morgan fingerprint density at radius 3 is 2.50 bits per heavy atom. The predicted molar refractivity (Wildman–Crippen MR) is 116 cm³/mol. The topological polar surface area (TPSA) is 108 Å². The van der Waals surface area contributed by atoms with Crippen molar-refractivity contribution in [2.75, 3.05) is 18.5 Å². The number of benzene rings is 1. The van der Waals surface area contributed by atoms with Crippen LogP contribution in [0.5, 0.6) is 0 Å². The summed E-state index contributed by atoms with van der Waals surface area (Å²) in [6.07, 6.45) is -1.41. The highest BCUT2D eigenvalue weighted by molar-refractivity contribution is 5.95. The molecule has 1 aliphatic carbocycles. The monoisotopic (exact) mass is 471 g/mol. The van der Waals surface area contributed by atoms with Crippen LogP contribution in [0.15, 0.2) is 48.7 Å². The molecule has 11 heteroatoms. The maximum absolute atomic E-state index is 14.4. The first-order chi connectivity index (χ1) is 16.2. The molecule has 176 valence electrons. The van der Waals surface area contributed by atoms with E-state index in [1.807, 2.05) is 0 Å². The van der Waals surface area contributed by atoms with Gasteiger partial charge in [0, 0.05) is 36.3 Å². The van der Waals surface area contributed by atoms with Crippen LogP contribution >= 0.6 is 0 Å². The fraction of sp³-hybridized carbons (Fsp3) is 0.261. The number of carboxylic acid groups (broad SMARTS) is 1. The number of carbonyl (C=O) groups is 2. The van der Waals surface area contributed by atoms with Crippen LogP contribution in [-0.4, -0.2) is 52.1 Å². The lowest BCUT2D eigenvalue weighted by Crippen LogP contribution is -2.53. The van der Waals surface area contributed by atoms with Crippen LogP contribution in [0.4, 0.5) is 23.8 Å². The van der Waals surface area contributed by atoms with Gasteiger partial charge in [-0.05, 0) is 55.3 Å². The summed E-state index contributed by atoms with van der Waals surface area (Å²) in [5.74, 6) is -1.80. The minimum atomic E-state index is -1.40. The number of hydrogen-bond acceptors (Lipinski definition) is 5. The average Bonchev–Trinajstić information content (AvgIpc) is 2.81. The Labute approximate surface area is 192 Å². The van der Waals surface area contributed by atoms with Crippen molar-refractivity contribution in [1.82, 2.24) is 20.5 Å². The van der Waals surface area contributed by atoms with Gasteiger partial charge < -0.3 is 10.4 Å². The number of pyridine rings is 1. The smallest absolute Gasteiger partial charge is 0.413 e. The number of halogens is 3. The van der Waals surface area contributed by atoms with Crippen molar-refractivity contribution < 1.29 is 27.9 Å². The quantitative estimate of drug-likeness (QED) is 0.567. The van der Waals surface area contributed by atoms with Gasteiger partial charge in [-0.15, -0.1) is 10.2 Å². The zero-order valence-electron chi connectivity index (χ0n) is 18.0. The molecule has 0 spiro atoms. The molecular formula is C23H20F3N5O3. The molecule has 8 nitrogen and oxygen atoms in total. The van der Waals surface area contributed by atoms with Gasteiger partial charge in [0.05, 0.1) is 11.4 Å². The summed E-state index contributed by atoms with van der Waals surface area (Å²) in [5, 5.41) is 20.1. The van der Waals surface area contributed by atoms with Crippen molar-refractivity contribution in [2.24, 2.45) is 0 Å². The summed E-state index contributed by atoms with van der Waals surface area (Å²) in [6.45, 7) is -0.286. The molecule has 0 aliphatic heterocycles. The third kappa shape index (κ3) is 4.28. The van der Waals surface area contributed by atoms with Gasteiger partial charge in [0.1, 0.15) is 17.8 Å². The van der Waals surface area contributed by atoms with Crippen LogP contribution in [-0.2, 0) is 5.41 Å². The molecule has 4 rings (SSSR count). The lowest BCUT2D eigenvalue weighted by molar-refractivity contribution is 0.0901. The highest BCUT2D eigenvalue weighted by atomic mass is 19.1. The SMILES string of the molecule is CNC(=O)c1ccc(F)c(-c2ccc(N(C[C@]3(c4ncccc4F)C[C@@H](F)C3)C(=O)O)nn2)c1. The molecule has 1 aliphatic rings. The maximum atomic E-state index is 14.4. The highest BCUT2D eigenvalue weighted by Crippen LogP contribution is 2.46. The van der Waals surface area contributed by atoms with E-state index in [0.717, 1.165) is 11.0 Å². The number of hydrogen-bond donors (Lipinski definition) is 2. The first-order valence-corrected chi connectivity index (χ1v) is 10.4. The maximum Gasteiger partial charge on any atom is 0.413 e. The van der Waals surface area contributed by atoms with E-state index in [1.54, 1.807) is 0 Å².